The summed E-state index contributed by atoms with van der Waals surface area (Å²) in [6.45, 7) is 0.202. The van der Waals surface area contributed by atoms with E-state index in [1.165, 1.54) is 0 Å². The standard InChI is InChI=1S/C16H16N6O2S/c1-25(23,24)19-8-10-6-15-16(17)20-13-7-11(12-4-5-18-21-12)2-3-14(13)22(15)9-10/h2-7,9,19H,8H2,1H3,(H2,17,20)(H,18,21). The van der Waals surface area contributed by atoms with Crippen LogP contribution < -0.4 is 10.5 Å². The molecule has 25 heavy (non-hydrogen) atoms. The zero-order valence-corrected chi connectivity index (χ0v) is 14.2. The van der Waals surface area contributed by atoms with E-state index in [1.54, 1.807) is 6.20 Å². The molecule has 0 unspecified atom stereocenters. The number of fused-ring (bicyclic) bond motifs is 3. The molecule has 4 aromatic rings. The molecule has 0 aliphatic heterocycles. The molecule has 0 radical (unpaired) electrons. The summed E-state index contributed by atoms with van der Waals surface area (Å²) < 4.78 is 27.0. The number of nitrogen functional groups attached to an aromatic ring is 1. The van der Waals surface area contributed by atoms with Crippen molar-refractivity contribution in [1.29, 1.82) is 0 Å². The predicted molar refractivity (Wildman–Crippen MR) is 96.4 cm³/mol. The Morgan fingerprint density at radius 2 is 2.08 bits per heavy atom. The maximum atomic E-state index is 11.3. The van der Waals surface area contributed by atoms with Gasteiger partial charge in [-0.25, -0.2) is 18.1 Å². The third-order valence-electron chi connectivity index (χ3n) is 3.97. The van der Waals surface area contributed by atoms with E-state index in [4.69, 9.17) is 5.73 Å². The fourth-order valence-electron chi connectivity index (χ4n) is 2.81. The van der Waals surface area contributed by atoms with Gasteiger partial charge in [0.15, 0.2) is 0 Å². The fraction of sp³-hybridized carbons (Fsp3) is 0.125. The van der Waals surface area contributed by atoms with E-state index in [2.05, 4.69) is 19.9 Å². The molecule has 1 aromatic carbocycles. The number of aromatic amines is 1. The first-order valence-electron chi connectivity index (χ1n) is 7.55. The predicted octanol–water partition coefficient (Wildman–Crippen LogP) is 1.51. The summed E-state index contributed by atoms with van der Waals surface area (Å²) in [6.07, 6.45) is 4.69. The molecule has 0 saturated heterocycles. The highest BCUT2D eigenvalue weighted by atomic mass is 32.2. The molecular weight excluding hydrogens is 340 g/mol. The van der Waals surface area contributed by atoms with E-state index in [0.717, 1.165) is 39.6 Å². The van der Waals surface area contributed by atoms with Gasteiger partial charge in [0.05, 0.1) is 28.5 Å². The number of aromatic nitrogens is 4. The van der Waals surface area contributed by atoms with Gasteiger partial charge in [0.25, 0.3) is 0 Å². The van der Waals surface area contributed by atoms with Crippen molar-refractivity contribution in [2.45, 2.75) is 6.54 Å². The molecule has 0 spiro atoms. The summed E-state index contributed by atoms with van der Waals surface area (Å²) in [5.74, 6) is 0.389. The zero-order chi connectivity index (χ0) is 17.6. The van der Waals surface area contributed by atoms with Gasteiger partial charge in [-0.2, -0.15) is 5.10 Å². The molecule has 8 nitrogen and oxygen atoms in total. The lowest BCUT2D eigenvalue weighted by Crippen LogP contribution is -2.20. The lowest BCUT2D eigenvalue weighted by molar-refractivity contribution is 0.587. The number of hydrogen-bond acceptors (Lipinski definition) is 5. The average molecular weight is 356 g/mol. The SMILES string of the molecule is CS(=O)(=O)NCc1cc2c(N)nc3cc(-c4ccn[nH]4)ccc3n2c1. The molecule has 3 heterocycles. The van der Waals surface area contributed by atoms with E-state index in [-0.39, 0.29) is 6.54 Å². The summed E-state index contributed by atoms with van der Waals surface area (Å²) in [4.78, 5) is 4.48. The van der Waals surface area contributed by atoms with Gasteiger partial charge in [0, 0.05) is 24.5 Å². The molecule has 4 rings (SSSR count). The number of nitrogens with two attached hydrogens (primary N) is 1. The Morgan fingerprint density at radius 3 is 2.80 bits per heavy atom. The van der Waals surface area contributed by atoms with Crippen LogP contribution in [-0.4, -0.2) is 34.3 Å². The Bertz CT molecular complexity index is 1180. The van der Waals surface area contributed by atoms with Crippen LogP contribution in [0.2, 0.25) is 0 Å². The van der Waals surface area contributed by atoms with Crippen molar-refractivity contribution in [1.82, 2.24) is 24.3 Å². The second-order valence-electron chi connectivity index (χ2n) is 5.87. The number of sulfonamides is 1. The molecule has 0 saturated carbocycles. The number of H-pyrrole nitrogens is 1. The highest BCUT2D eigenvalue weighted by molar-refractivity contribution is 7.88. The fourth-order valence-corrected chi connectivity index (χ4v) is 3.24. The molecule has 128 valence electrons. The summed E-state index contributed by atoms with van der Waals surface area (Å²) in [5, 5.41) is 6.88. The van der Waals surface area contributed by atoms with Gasteiger partial charge in [-0.1, -0.05) is 6.07 Å². The van der Waals surface area contributed by atoms with Crippen LogP contribution in [0, 0.1) is 0 Å². The van der Waals surface area contributed by atoms with Crippen LogP contribution in [0.1, 0.15) is 5.56 Å². The maximum absolute atomic E-state index is 11.3. The van der Waals surface area contributed by atoms with Crippen molar-refractivity contribution < 1.29 is 8.42 Å². The molecule has 3 aromatic heterocycles. The normalized spacial score (nSPS) is 12.2. The Kier molecular flexibility index (Phi) is 3.48. The molecule has 4 N–H and O–H groups in total. The van der Waals surface area contributed by atoms with Crippen LogP contribution in [0.15, 0.2) is 42.7 Å². The van der Waals surface area contributed by atoms with Gasteiger partial charge >= 0.3 is 0 Å². The van der Waals surface area contributed by atoms with Gasteiger partial charge in [-0.05, 0) is 29.8 Å². The van der Waals surface area contributed by atoms with E-state index in [0.29, 0.717) is 5.82 Å². The Hall–Kier alpha value is -2.91. The van der Waals surface area contributed by atoms with Crippen molar-refractivity contribution in [3.05, 3.63) is 48.3 Å². The summed E-state index contributed by atoms with van der Waals surface area (Å²) in [6, 6.07) is 9.59. The van der Waals surface area contributed by atoms with Crippen molar-refractivity contribution >= 4 is 32.4 Å². The van der Waals surface area contributed by atoms with E-state index in [1.807, 2.05) is 40.9 Å². The molecule has 0 aliphatic rings. The second kappa shape index (κ2) is 5.57. The largest absolute Gasteiger partial charge is 0.382 e. The summed E-state index contributed by atoms with van der Waals surface area (Å²) >= 11 is 0. The van der Waals surface area contributed by atoms with Gasteiger partial charge in [0.2, 0.25) is 10.0 Å². The molecule has 0 amide bonds. The van der Waals surface area contributed by atoms with Gasteiger partial charge < -0.3 is 10.1 Å². The van der Waals surface area contributed by atoms with Crippen LogP contribution in [-0.2, 0) is 16.6 Å². The van der Waals surface area contributed by atoms with Crippen molar-refractivity contribution in [3.8, 4) is 11.3 Å². The summed E-state index contributed by atoms with van der Waals surface area (Å²) in [7, 11) is -3.26. The topological polar surface area (TPSA) is 118 Å². The Balaban J connectivity index is 1.84. The first-order valence-corrected chi connectivity index (χ1v) is 9.44. The molecule has 9 heteroatoms. The highest BCUT2D eigenvalue weighted by Gasteiger charge is 2.11. The first kappa shape index (κ1) is 15.6. The third-order valence-corrected chi connectivity index (χ3v) is 4.63. The Labute approximate surface area is 143 Å². The molecule has 0 bridgehead atoms. The van der Waals surface area contributed by atoms with E-state index < -0.39 is 10.0 Å². The van der Waals surface area contributed by atoms with Crippen LogP contribution >= 0.6 is 0 Å². The van der Waals surface area contributed by atoms with Crippen LogP contribution in [0.5, 0.6) is 0 Å². The second-order valence-corrected chi connectivity index (χ2v) is 7.70. The van der Waals surface area contributed by atoms with Gasteiger partial charge in [0.1, 0.15) is 5.82 Å². The monoisotopic (exact) mass is 356 g/mol. The quantitative estimate of drug-likeness (QED) is 0.512. The third kappa shape index (κ3) is 2.94. The van der Waals surface area contributed by atoms with Crippen LogP contribution in [0.4, 0.5) is 5.82 Å². The van der Waals surface area contributed by atoms with Gasteiger partial charge in [-0.3, -0.25) is 5.10 Å². The molecule has 0 atom stereocenters. The number of rotatable bonds is 4. The number of nitrogens with one attached hydrogen (secondary N) is 2. The molecule has 0 aliphatic carbocycles. The summed E-state index contributed by atoms with van der Waals surface area (Å²) in [5.41, 5.74) is 11.1. The number of anilines is 1. The van der Waals surface area contributed by atoms with E-state index in [9.17, 15) is 8.42 Å². The molecular formula is C16H16N6O2S. The lowest BCUT2D eigenvalue weighted by Gasteiger charge is -2.06. The minimum Gasteiger partial charge on any atom is -0.382 e. The number of benzene rings is 1. The zero-order valence-electron chi connectivity index (χ0n) is 13.4. The smallest absolute Gasteiger partial charge is 0.209 e. The van der Waals surface area contributed by atoms with Crippen LogP contribution in [0.3, 0.4) is 0 Å². The van der Waals surface area contributed by atoms with Crippen molar-refractivity contribution in [3.63, 3.8) is 0 Å². The minimum absolute atomic E-state index is 0.202. The maximum Gasteiger partial charge on any atom is 0.209 e. The number of nitrogens with zero attached hydrogens (tertiary/aromatic N) is 3. The van der Waals surface area contributed by atoms with Crippen molar-refractivity contribution in [2.75, 3.05) is 12.0 Å². The van der Waals surface area contributed by atoms with Crippen molar-refractivity contribution in [2.24, 2.45) is 0 Å². The lowest BCUT2D eigenvalue weighted by atomic mass is 10.1. The molecule has 0 fully saturated rings. The van der Waals surface area contributed by atoms with Crippen LogP contribution in [0.25, 0.3) is 27.8 Å². The van der Waals surface area contributed by atoms with E-state index >= 15 is 0 Å². The van der Waals surface area contributed by atoms with Gasteiger partial charge in [-0.15, -0.1) is 0 Å². The number of hydrogen-bond donors (Lipinski definition) is 3. The average Bonchev–Trinajstić information content (AvgIpc) is 3.22. The Morgan fingerprint density at radius 1 is 1.24 bits per heavy atom. The highest BCUT2D eigenvalue weighted by Crippen LogP contribution is 2.26. The minimum atomic E-state index is -3.26. The first-order chi connectivity index (χ1) is 11.9.